The molecule has 1 unspecified atom stereocenters. The molecule has 2 rings (SSSR count). The van der Waals surface area contributed by atoms with Gasteiger partial charge in [-0.05, 0) is 47.2 Å². The molecule has 2 aromatic rings. The minimum Gasteiger partial charge on any atom is -0.357 e. The van der Waals surface area contributed by atoms with Crippen LogP contribution in [0.3, 0.4) is 0 Å². The molecule has 0 saturated carbocycles. The molecular formula is C25H34FN3O4S. The molecule has 0 heterocycles. The lowest BCUT2D eigenvalue weighted by Crippen LogP contribution is -2.51. The van der Waals surface area contributed by atoms with E-state index in [4.69, 9.17) is 0 Å². The number of likely N-dealkylation sites (N-methyl/N-ethyl adjacent to an activating group) is 1. The van der Waals surface area contributed by atoms with Crippen molar-refractivity contribution < 1.29 is 22.4 Å². The molecule has 0 radical (unpaired) electrons. The number of hydrogen-bond acceptors (Lipinski definition) is 4. The van der Waals surface area contributed by atoms with Gasteiger partial charge in [0.1, 0.15) is 18.4 Å². The summed E-state index contributed by atoms with van der Waals surface area (Å²) in [5.41, 5.74) is 1.90. The summed E-state index contributed by atoms with van der Waals surface area (Å²) in [7, 11) is -2.32. The second kappa shape index (κ2) is 11.0. The summed E-state index contributed by atoms with van der Waals surface area (Å²) in [5.74, 6) is -1.31. The van der Waals surface area contributed by atoms with Gasteiger partial charge in [-0.2, -0.15) is 0 Å². The lowest BCUT2D eigenvalue weighted by Gasteiger charge is -2.32. The molecule has 0 aliphatic heterocycles. The summed E-state index contributed by atoms with van der Waals surface area (Å²) >= 11 is 0. The number of rotatable bonds is 9. The van der Waals surface area contributed by atoms with Crippen LogP contribution in [0, 0.1) is 5.82 Å². The minimum atomic E-state index is -3.80. The highest BCUT2D eigenvalue weighted by molar-refractivity contribution is 7.92. The summed E-state index contributed by atoms with van der Waals surface area (Å²) < 4.78 is 39.7. The number of nitrogens with one attached hydrogen (secondary N) is 1. The number of nitrogens with zero attached hydrogens (tertiary/aromatic N) is 2. The largest absolute Gasteiger partial charge is 0.357 e. The van der Waals surface area contributed by atoms with E-state index in [2.05, 4.69) is 26.1 Å². The quantitative estimate of drug-likeness (QED) is 0.582. The molecule has 2 amide bonds. The molecule has 186 valence electrons. The van der Waals surface area contributed by atoms with Crippen LogP contribution in [0.5, 0.6) is 0 Å². The lowest BCUT2D eigenvalue weighted by molar-refractivity contribution is -0.140. The molecule has 1 N–H and O–H groups in total. The summed E-state index contributed by atoms with van der Waals surface area (Å²) in [6.45, 7) is 7.49. The van der Waals surface area contributed by atoms with Crippen molar-refractivity contribution in [2.75, 3.05) is 24.2 Å². The number of carbonyl (C=O) groups is 2. The van der Waals surface area contributed by atoms with Crippen molar-refractivity contribution >= 4 is 27.5 Å². The van der Waals surface area contributed by atoms with Crippen LogP contribution < -0.4 is 9.62 Å². The average Bonchev–Trinajstić information content (AvgIpc) is 2.77. The Morgan fingerprint density at radius 2 is 1.59 bits per heavy atom. The van der Waals surface area contributed by atoms with Crippen LogP contribution >= 0.6 is 0 Å². The molecule has 34 heavy (non-hydrogen) atoms. The van der Waals surface area contributed by atoms with Crippen molar-refractivity contribution in [3.63, 3.8) is 0 Å². The van der Waals surface area contributed by atoms with E-state index in [0.29, 0.717) is 17.7 Å². The maximum atomic E-state index is 13.5. The van der Waals surface area contributed by atoms with Gasteiger partial charge in [0.05, 0.1) is 11.9 Å². The van der Waals surface area contributed by atoms with E-state index in [0.717, 1.165) is 16.1 Å². The van der Waals surface area contributed by atoms with E-state index in [1.165, 1.54) is 36.2 Å². The van der Waals surface area contributed by atoms with E-state index < -0.39 is 34.3 Å². The molecule has 0 fully saturated rings. The molecular weight excluding hydrogens is 457 g/mol. The number of halogens is 1. The number of sulfonamides is 1. The van der Waals surface area contributed by atoms with E-state index in [-0.39, 0.29) is 17.9 Å². The number of hydrogen-bond donors (Lipinski definition) is 1. The fraction of sp³-hybridized carbons (Fsp3) is 0.440. The third-order valence-corrected chi connectivity index (χ3v) is 6.74. The first-order valence-corrected chi connectivity index (χ1v) is 13.0. The van der Waals surface area contributed by atoms with Crippen LogP contribution in [0.25, 0.3) is 0 Å². The van der Waals surface area contributed by atoms with Gasteiger partial charge in [0, 0.05) is 13.6 Å². The van der Waals surface area contributed by atoms with E-state index in [1.54, 1.807) is 19.1 Å². The molecule has 7 nitrogen and oxygen atoms in total. The van der Waals surface area contributed by atoms with Gasteiger partial charge in [-0.25, -0.2) is 12.8 Å². The molecule has 0 aliphatic carbocycles. The van der Waals surface area contributed by atoms with Crippen LogP contribution in [0.15, 0.2) is 48.5 Å². The average molecular weight is 492 g/mol. The smallest absolute Gasteiger partial charge is 0.244 e. The first-order valence-electron chi connectivity index (χ1n) is 11.1. The lowest BCUT2D eigenvalue weighted by atomic mass is 9.87. The predicted octanol–water partition coefficient (Wildman–Crippen LogP) is 3.44. The summed E-state index contributed by atoms with van der Waals surface area (Å²) in [6, 6.07) is 11.8. The maximum absolute atomic E-state index is 13.5. The number of carbonyl (C=O) groups excluding carboxylic acids is 2. The van der Waals surface area contributed by atoms with Gasteiger partial charge in [-0.15, -0.1) is 0 Å². The Hall–Kier alpha value is -2.94. The normalized spacial score (nSPS) is 12.7. The fourth-order valence-corrected chi connectivity index (χ4v) is 4.46. The Morgan fingerprint density at radius 1 is 1.03 bits per heavy atom. The molecule has 0 aromatic heterocycles. The van der Waals surface area contributed by atoms with Crippen LogP contribution in [0.1, 0.15) is 45.2 Å². The van der Waals surface area contributed by atoms with Gasteiger partial charge >= 0.3 is 0 Å². The zero-order chi connectivity index (χ0) is 25.7. The summed E-state index contributed by atoms with van der Waals surface area (Å²) in [6.07, 6.45) is 1.37. The van der Waals surface area contributed by atoms with E-state index in [9.17, 15) is 22.4 Å². The molecule has 2 aromatic carbocycles. The SMILES string of the molecule is CCC(C(=O)NC)N(Cc1ccc(F)cc1)C(=O)CN(c1ccc(C(C)(C)C)cc1)S(C)(=O)=O. The van der Waals surface area contributed by atoms with E-state index in [1.807, 2.05) is 12.1 Å². The molecule has 9 heteroatoms. The van der Waals surface area contributed by atoms with Gasteiger partial charge < -0.3 is 10.2 Å². The number of benzene rings is 2. The summed E-state index contributed by atoms with van der Waals surface area (Å²) in [4.78, 5) is 27.3. The van der Waals surface area contributed by atoms with Gasteiger partial charge in [-0.1, -0.05) is 52.0 Å². The Morgan fingerprint density at radius 3 is 2.03 bits per heavy atom. The van der Waals surface area contributed by atoms with Crippen LogP contribution in [0.2, 0.25) is 0 Å². The van der Waals surface area contributed by atoms with Crippen molar-refractivity contribution in [2.45, 2.75) is 52.1 Å². The molecule has 0 aliphatic rings. The van der Waals surface area contributed by atoms with Crippen LogP contribution in [0.4, 0.5) is 10.1 Å². The van der Waals surface area contributed by atoms with Crippen molar-refractivity contribution in [3.8, 4) is 0 Å². The van der Waals surface area contributed by atoms with Crippen molar-refractivity contribution in [1.82, 2.24) is 10.2 Å². The zero-order valence-corrected chi connectivity index (χ0v) is 21.4. The van der Waals surface area contributed by atoms with Gasteiger partial charge in [0.2, 0.25) is 21.8 Å². The maximum Gasteiger partial charge on any atom is 0.244 e. The third-order valence-electron chi connectivity index (χ3n) is 5.60. The van der Waals surface area contributed by atoms with Gasteiger partial charge in [0.25, 0.3) is 0 Å². The predicted molar refractivity (Wildman–Crippen MR) is 132 cm³/mol. The topological polar surface area (TPSA) is 86.8 Å². The Kier molecular flexibility index (Phi) is 8.83. The monoisotopic (exact) mass is 491 g/mol. The van der Waals surface area contributed by atoms with Gasteiger partial charge in [-0.3, -0.25) is 13.9 Å². The fourth-order valence-electron chi connectivity index (χ4n) is 3.61. The van der Waals surface area contributed by atoms with Crippen molar-refractivity contribution in [2.24, 2.45) is 0 Å². The summed E-state index contributed by atoms with van der Waals surface area (Å²) in [5, 5.41) is 2.56. The zero-order valence-electron chi connectivity index (χ0n) is 20.6. The van der Waals surface area contributed by atoms with Crippen molar-refractivity contribution in [3.05, 3.63) is 65.5 Å². The first-order chi connectivity index (χ1) is 15.8. The van der Waals surface area contributed by atoms with Gasteiger partial charge in [0.15, 0.2) is 0 Å². The molecule has 0 saturated heterocycles. The second-order valence-electron chi connectivity index (χ2n) is 9.25. The minimum absolute atomic E-state index is 0.0333. The Balaban J connectivity index is 2.42. The number of amides is 2. The third kappa shape index (κ3) is 7.03. The van der Waals surface area contributed by atoms with Crippen molar-refractivity contribution in [1.29, 1.82) is 0 Å². The molecule has 0 bridgehead atoms. The standard InChI is InChI=1S/C25H34FN3O4S/c1-7-22(24(31)27-5)28(16-18-8-12-20(26)13-9-18)23(30)17-29(34(6,32)33)21-14-10-19(11-15-21)25(2,3)4/h8-15,22H,7,16-17H2,1-6H3,(H,27,31). The van der Waals surface area contributed by atoms with E-state index >= 15 is 0 Å². The molecule has 0 spiro atoms. The molecule has 1 atom stereocenters. The highest BCUT2D eigenvalue weighted by atomic mass is 32.2. The highest BCUT2D eigenvalue weighted by Crippen LogP contribution is 2.26. The van der Waals surface area contributed by atoms with Crippen LogP contribution in [-0.2, 0) is 31.6 Å². The second-order valence-corrected chi connectivity index (χ2v) is 11.2. The highest BCUT2D eigenvalue weighted by Gasteiger charge is 2.31. The van der Waals surface area contributed by atoms with Crippen LogP contribution in [-0.4, -0.2) is 51.0 Å². The first kappa shape index (κ1) is 27.3. The Bertz CT molecular complexity index is 1090. The Labute approximate surface area is 202 Å². The number of anilines is 1.